The molecule has 2 N–H and O–H groups in total. The van der Waals surface area contributed by atoms with Crippen LogP contribution in [0.5, 0.6) is 5.75 Å². The summed E-state index contributed by atoms with van der Waals surface area (Å²) in [5.41, 5.74) is 1.69. The molecule has 1 fully saturated rings. The Kier molecular flexibility index (Phi) is 4.44. The lowest BCUT2D eigenvalue weighted by Gasteiger charge is -2.14. The van der Waals surface area contributed by atoms with Crippen molar-refractivity contribution < 1.29 is 23.8 Å². The van der Waals surface area contributed by atoms with Crippen LogP contribution in [0.1, 0.15) is 39.1 Å². The van der Waals surface area contributed by atoms with Crippen LogP contribution < -0.4 is 10.1 Å². The molecule has 1 amide bonds. The Morgan fingerprint density at radius 1 is 1.16 bits per heavy atom. The van der Waals surface area contributed by atoms with Gasteiger partial charge in [-0.05, 0) is 61.2 Å². The molecule has 0 aliphatic heterocycles. The van der Waals surface area contributed by atoms with E-state index in [1.54, 1.807) is 19.1 Å². The van der Waals surface area contributed by atoms with Gasteiger partial charge in [-0.1, -0.05) is 0 Å². The quantitative estimate of drug-likeness (QED) is 0.872. The van der Waals surface area contributed by atoms with Crippen LogP contribution in [0, 0.1) is 12.7 Å². The van der Waals surface area contributed by atoms with Gasteiger partial charge < -0.3 is 15.2 Å². The molecule has 0 unspecified atom stereocenters. The van der Waals surface area contributed by atoms with Crippen molar-refractivity contribution in [2.24, 2.45) is 0 Å². The first-order chi connectivity index (χ1) is 11.9. The van der Waals surface area contributed by atoms with Gasteiger partial charge in [-0.2, -0.15) is 0 Å². The fourth-order valence-corrected chi connectivity index (χ4v) is 2.63. The fraction of sp³-hybridized carbons (Fsp3) is 0.263. The second kappa shape index (κ2) is 6.55. The minimum Gasteiger partial charge on any atom is -0.496 e. The first-order valence-corrected chi connectivity index (χ1v) is 7.93. The monoisotopic (exact) mass is 343 g/mol. The number of amides is 1. The molecule has 1 aliphatic carbocycles. The van der Waals surface area contributed by atoms with Crippen molar-refractivity contribution in [3.63, 3.8) is 0 Å². The number of carboxylic acid groups (broad SMARTS) is 1. The summed E-state index contributed by atoms with van der Waals surface area (Å²) >= 11 is 0. The molecule has 2 aromatic rings. The Hall–Kier alpha value is -2.89. The van der Waals surface area contributed by atoms with Gasteiger partial charge in [0.25, 0.3) is 5.91 Å². The first kappa shape index (κ1) is 17.0. The van der Waals surface area contributed by atoms with Crippen LogP contribution in [0.4, 0.5) is 4.39 Å². The van der Waals surface area contributed by atoms with E-state index in [-0.39, 0.29) is 23.1 Å². The van der Waals surface area contributed by atoms with Gasteiger partial charge in [0.2, 0.25) is 0 Å². The maximum atomic E-state index is 14.4. The Balaban J connectivity index is 2.08. The van der Waals surface area contributed by atoms with Crippen LogP contribution in [0.3, 0.4) is 0 Å². The Morgan fingerprint density at radius 2 is 1.88 bits per heavy atom. The highest BCUT2D eigenvalue weighted by molar-refractivity contribution is 5.97. The van der Waals surface area contributed by atoms with Crippen LogP contribution in [-0.4, -0.2) is 30.1 Å². The van der Waals surface area contributed by atoms with E-state index in [1.807, 2.05) is 0 Å². The van der Waals surface area contributed by atoms with Crippen molar-refractivity contribution in [1.29, 1.82) is 0 Å². The maximum absolute atomic E-state index is 14.4. The van der Waals surface area contributed by atoms with Crippen molar-refractivity contribution in [2.45, 2.75) is 25.8 Å². The van der Waals surface area contributed by atoms with Crippen molar-refractivity contribution in [3.8, 4) is 16.9 Å². The van der Waals surface area contributed by atoms with E-state index in [0.29, 0.717) is 22.4 Å². The van der Waals surface area contributed by atoms with Crippen LogP contribution in [-0.2, 0) is 0 Å². The number of carbonyl (C=O) groups excluding carboxylic acids is 1. The average Bonchev–Trinajstić information content (AvgIpc) is 3.40. The molecule has 0 aromatic heterocycles. The molecule has 0 heterocycles. The van der Waals surface area contributed by atoms with Crippen LogP contribution in [0.15, 0.2) is 30.3 Å². The van der Waals surface area contributed by atoms with Crippen LogP contribution in [0.2, 0.25) is 0 Å². The van der Waals surface area contributed by atoms with Gasteiger partial charge in [0.05, 0.1) is 12.7 Å². The van der Waals surface area contributed by atoms with E-state index in [2.05, 4.69) is 5.32 Å². The van der Waals surface area contributed by atoms with Crippen LogP contribution >= 0.6 is 0 Å². The molecule has 0 spiro atoms. The number of carboxylic acids is 1. The van der Waals surface area contributed by atoms with E-state index in [1.165, 1.54) is 25.3 Å². The van der Waals surface area contributed by atoms with E-state index in [9.17, 15) is 14.0 Å². The zero-order valence-electron chi connectivity index (χ0n) is 13.9. The molecular weight excluding hydrogens is 325 g/mol. The third kappa shape index (κ3) is 3.47. The van der Waals surface area contributed by atoms with Gasteiger partial charge in [0.15, 0.2) is 0 Å². The smallest absolute Gasteiger partial charge is 0.335 e. The molecule has 2 aromatic carbocycles. The minimum absolute atomic E-state index is 0.0707. The molecule has 0 radical (unpaired) electrons. The molecule has 5 nitrogen and oxygen atoms in total. The third-order valence-corrected chi connectivity index (χ3v) is 4.26. The Labute approximate surface area is 144 Å². The summed E-state index contributed by atoms with van der Waals surface area (Å²) in [7, 11) is 1.42. The molecule has 1 saturated carbocycles. The second-order valence-corrected chi connectivity index (χ2v) is 6.10. The number of rotatable bonds is 5. The van der Waals surface area contributed by atoms with Gasteiger partial charge in [-0.3, -0.25) is 4.79 Å². The van der Waals surface area contributed by atoms with E-state index in [0.717, 1.165) is 12.8 Å². The summed E-state index contributed by atoms with van der Waals surface area (Å²) in [5.74, 6) is -1.58. The van der Waals surface area contributed by atoms with Gasteiger partial charge in [-0.25, -0.2) is 9.18 Å². The van der Waals surface area contributed by atoms with Crippen molar-refractivity contribution in [2.75, 3.05) is 7.11 Å². The summed E-state index contributed by atoms with van der Waals surface area (Å²) in [5, 5.41) is 11.9. The second-order valence-electron chi connectivity index (χ2n) is 6.10. The summed E-state index contributed by atoms with van der Waals surface area (Å²) in [6.45, 7) is 1.61. The molecule has 6 heteroatoms. The first-order valence-electron chi connectivity index (χ1n) is 7.93. The van der Waals surface area contributed by atoms with E-state index < -0.39 is 11.8 Å². The largest absolute Gasteiger partial charge is 0.496 e. The number of benzene rings is 2. The van der Waals surface area contributed by atoms with E-state index in [4.69, 9.17) is 9.84 Å². The highest BCUT2D eigenvalue weighted by Crippen LogP contribution is 2.35. The SMILES string of the molecule is COc1cc(C(=O)O)ccc1-c1cc(C(=O)NC2CC2)cc(F)c1C. The number of carbonyl (C=O) groups is 2. The summed E-state index contributed by atoms with van der Waals surface area (Å²) in [6, 6.07) is 7.36. The summed E-state index contributed by atoms with van der Waals surface area (Å²) in [6.07, 6.45) is 1.88. The lowest BCUT2D eigenvalue weighted by Crippen LogP contribution is -2.25. The number of hydrogen-bond donors (Lipinski definition) is 2. The van der Waals surface area contributed by atoms with Crippen LogP contribution in [0.25, 0.3) is 11.1 Å². The summed E-state index contributed by atoms with van der Waals surface area (Å²) in [4.78, 5) is 23.4. The lowest BCUT2D eigenvalue weighted by atomic mass is 9.95. The zero-order valence-corrected chi connectivity index (χ0v) is 13.9. The highest BCUT2D eigenvalue weighted by Gasteiger charge is 2.25. The highest BCUT2D eigenvalue weighted by atomic mass is 19.1. The van der Waals surface area contributed by atoms with Crippen molar-refractivity contribution >= 4 is 11.9 Å². The predicted molar refractivity (Wildman–Crippen MR) is 90.6 cm³/mol. The van der Waals surface area contributed by atoms with E-state index >= 15 is 0 Å². The molecule has 0 bridgehead atoms. The fourth-order valence-electron chi connectivity index (χ4n) is 2.63. The molecule has 0 saturated heterocycles. The van der Waals surface area contributed by atoms with Gasteiger partial charge in [0, 0.05) is 17.2 Å². The van der Waals surface area contributed by atoms with Gasteiger partial charge in [-0.15, -0.1) is 0 Å². The van der Waals surface area contributed by atoms with Crippen molar-refractivity contribution in [3.05, 3.63) is 52.8 Å². The average molecular weight is 343 g/mol. The zero-order chi connectivity index (χ0) is 18.1. The minimum atomic E-state index is -1.08. The number of hydrogen-bond acceptors (Lipinski definition) is 3. The summed E-state index contributed by atoms with van der Waals surface area (Å²) < 4.78 is 19.6. The molecule has 1 aliphatic rings. The molecule has 130 valence electrons. The normalized spacial score (nSPS) is 13.4. The number of aromatic carboxylic acids is 1. The maximum Gasteiger partial charge on any atom is 0.335 e. The lowest BCUT2D eigenvalue weighted by molar-refractivity contribution is 0.0696. The number of halogens is 1. The van der Waals surface area contributed by atoms with Crippen molar-refractivity contribution in [1.82, 2.24) is 5.32 Å². The Bertz CT molecular complexity index is 859. The van der Waals surface area contributed by atoms with Gasteiger partial charge in [0.1, 0.15) is 11.6 Å². The predicted octanol–water partition coefficient (Wildman–Crippen LogP) is 3.40. The molecular formula is C19H18FNO4. The third-order valence-electron chi connectivity index (χ3n) is 4.26. The Morgan fingerprint density at radius 3 is 2.48 bits per heavy atom. The number of ether oxygens (including phenoxy) is 1. The van der Waals surface area contributed by atoms with Gasteiger partial charge >= 0.3 is 5.97 Å². The number of methoxy groups -OCH3 is 1. The topological polar surface area (TPSA) is 75.6 Å². The standard InChI is InChI=1S/C19H18FNO4/c1-10-15(14-6-3-11(19(23)24)9-17(14)25-2)7-12(8-16(10)20)18(22)21-13-4-5-13/h3,6-9,13H,4-5H2,1-2H3,(H,21,22)(H,23,24). The number of nitrogens with one attached hydrogen (secondary N) is 1. The molecule has 25 heavy (non-hydrogen) atoms. The molecule has 0 atom stereocenters. The molecule has 3 rings (SSSR count).